The average Bonchev–Trinajstić information content (AvgIpc) is 2.67. The Bertz CT molecular complexity index is 232. The fourth-order valence-electron chi connectivity index (χ4n) is 2.64. The van der Waals surface area contributed by atoms with Gasteiger partial charge in [0.15, 0.2) is 0 Å². The maximum absolute atomic E-state index is 11.8. The second kappa shape index (κ2) is 5.67. The third-order valence-electron chi connectivity index (χ3n) is 3.99. The van der Waals surface area contributed by atoms with E-state index in [4.69, 9.17) is 0 Å². The summed E-state index contributed by atoms with van der Waals surface area (Å²) in [5.74, 6) is 0.383. The first-order chi connectivity index (χ1) is 7.77. The third kappa shape index (κ3) is 2.97. The minimum Gasteiger partial charge on any atom is -0.343 e. The molecular weight excluding hydrogens is 200 g/mol. The van der Waals surface area contributed by atoms with Crippen LogP contribution in [0.4, 0.5) is 0 Å². The largest absolute Gasteiger partial charge is 0.343 e. The lowest BCUT2D eigenvalue weighted by atomic mass is 10.1. The van der Waals surface area contributed by atoms with E-state index in [1.807, 2.05) is 4.90 Å². The Hall–Kier alpha value is -0.570. The van der Waals surface area contributed by atoms with Crippen LogP contribution in [0.25, 0.3) is 0 Å². The summed E-state index contributed by atoms with van der Waals surface area (Å²) in [5, 5.41) is 0. The van der Waals surface area contributed by atoms with Gasteiger partial charge < -0.3 is 9.80 Å². The van der Waals surface area contributed by atoms with E-state index in [0.717, 1.165) is 25.9 Å². The number of likely N-dealkylation sites (tertiary alicyclic amines) is 2. The smallest absolute Gasteiger partial charge is 0.222 e. The van der Waals surface area contributed by atoms with Crippen molar-refractivity contribution in [2.75, 3.05) is 26.2 Å². The number of hydrogen-bond acceptors (Lipinski definition) is 2. The van der Waals surface area contributed by atoms with Crippen LogP contribution in [-0.4, -0.2) is 47.9 Å². The SMILES string of the molecule is CC(CCCC(=O)N1CCCC1)N1CCC1. The van der Waals surface area contributed by atoms with E-state index in [1.54, 1.807) is 0 Å². The van der Waals surface area contributed by atoms with Crippen molar-refractivity contribution < 1.29 is 4.79 Å². The van der Waals surface area contributed by atoms with Crippen LogP contribution in [0.3, 0.4) is 0 Å². The summed E-state index contributed by atoms with van der Waals surface area (Å²) in [7, 11) is 0. The van der Waals surface area contributed by atoms with Gasteiger partial charge in [-0.15, -0.1) is 0 Å². The first kappa shape index (κ1) is 11.9. The molecule has 0 saturated carbocycles. The summed E-state index contributed by atoms with van der Waals surface area (Å²) in [4.78, 5) is 16.3. The van der Waals surface area contributed by atoms with E-state index in [1.165, 1.54) is 38.8 Å². The summed E-state index contributed by atoms with van der Waals surface area (Å²) in [6.07, 6.45) is 6.77. The Balaban J connectivity index is 1.57. The van der Waals surface area contributed by atoms with Gasteiger partial charge in [0.1, 0.15) is 0 Å². The standard InChI is InChI=1S/C13H24N2O/c1-12(14-10-5-11-14)6-4-7-13(16)15-8-2-3-9-15/h12H,2-11H2,1H3. The molecule has 0 N–H and O–H groups in total. The van der Waals surface area contributed by atoms with E-state index in [0.29, 0.717) is 11.9 Å². The fraction of sp³-hybridized carbons (Fsp3) is 0.923. The Morgan fingerprint density at radius 3 is 2.38 bits per heavy atom. The van der Waals surface area contributed by atoms with Gasteiger partial charge in [-0.1, -0.05) is 0 Å². The van der Waals surface area contributed by atoms with Crippen molar-refractivity contribution >= 4 is 5.91 Å². The highest BCUT2D eigenvalue weighted by Crippen LogP contribution is 2.16. The van der Waals surface area contributed by atoms with Crippen LogP contribution in [-0.2, 0) is 4.79 Å². The van der Waals surface area contributed by atoms with Crippen LogP contribution in [0.2, 0.25) is 0 Å². The van der Waals surface area contributed by atoms with Crippen LogP contribution >= 0.6 is 0 Å². The average molecular weight is 224 g/mol. The van der Waals surface area contributed by atoms with Gasteiger partial charge in [0.05, 0.1) is 0 Å². The molecular formula is C13H24N2O. The summed E-state index contributed by atoms with van der Waals surface area (Å²) < 4.78 is 0. The summed E-state index contributed by atoms with van der Waals surface area (Å²) in [5.41, 5.74) is 0. The molecule has 1 amide bonds. The van der Waals surface area contributed by atoms with Gasteiger partial charge in [0, 0.05) is 25.6 Å². The molecule has 2 rings (SSSR count). The first-order valence-electron chi connectivity index (χ1n) is 6.79. The molecule has 92 valence electrons. The molecule has 3 heteroatoms. The molecule has 2 saturated heterocycles. The number of carbonyl (C=O) groups excluding carboxylic acids is 1. The molecule has 2 aliphatic heterocycles. The second-order valence-electron chi connectivity index (χ2n) is 5.22. The normalized spacial score (nSPS) is 23.2. The van der Waals surface area contributed by atoms with Crippen molar-refractivity contribution in [2.24, 2.45) is 0 Å². The predicted octanol–water partition coefficient (Wildman–Crippen LogP) is 1.87. The van der Waals surface area contributed by atoms with Gasteiger partial charge in [-0.2, -0.15) is 0 Å². The minimum absolute atomic E-state index is 0.383. The lowest BCUT2D eigenvalue weighted by Gasteiger charge is -2.36. The molecule has 0 aromatic heterocycles. The topological polar surface area (TPSA) is 23.6 Å². The monoisotopic (exact) mass is 224 g/mol. The fourth-order valence-corrected chi connectivity index (χ4v) is 2.64. The maximum Gasteiger partial charge on any atom is 0.222 e. The Morgan fingerprint density at radius 2 is 1.81 bits per heavy atom. The van der Waals surface area contributed by atoms with Gasteiger partial charge in [-0.3, -0.25) is 4.79 Å². The Kier molecular flexibility index (Phi) is 4.22. The van der Waals surface area contributed by atoms with Gasteiger partial charge in [0.2, 0.25) is 5.91 Å². The minimum atomic E-state index is 0.383. The molecule has 2 fully saturated rings. The molecule has 1 atom stereocenters. The third-order valence-corrected chi connectivity index (χ3v) is 3.99. The number of rotatable bonds is 5. The molecule has 1 unspecified atom stereocenters. The zero-order chi connectivity index (χ0) is 11.4. The molecule has 2 heterocycles. The van der Waals surface area contributed by atoms with E-state index < -0.39 is 0 Å². The van der Waals surface area contributed by atoms with Crippen molar-refractivity contribution in [3.63, 3.8) is 0 Å². The molecule has 0 aromatic rings. The molecule has 0 aliphatic carbocycles. The van der Waals surface area contributed by atoms with E-state index >= 15 is 0 Å². The molecule has 16 heavy (non-hydrogen) atoms. The summed E-state index contributed by atoms with van der Waals surface area (Å²) in [6.45, 7) is 6.82. The zero-order valence-electron chi connectivity index (χ0n) is 10.5. The van der Waals surface area contributed by atoms with Gasteiger partial charge >= 0.3 is 0 Å². The second-order valence-corrected chi connectivity index (χ2v) is 5.22. The van der Waals surface area contributed by atoms with E-state index in [2.05, 4.69) is 11.8 Å². The maximum atomic E-state index is 11.8. The molecule has 3 nitrogen and oxygen atoms in total. The van der Waals surface area contributed by atoms with E-state index in [-0.39, 0.29) is 0 Å². The summed E-state index contributed by atoms with van der Waals surface area (Å²) >= 11 is 0. The van der Waals surface area contributed by atoms with Crippen LogP contribution in [0, 0.1) is 0 Å². The highest BCUT2D eigenvalue weighted by Gasteiger charge is 2.21. The van der Waals surface area contributed by atoms with Crippen molar-refractivity contribution in [3.05, 3.63) is 0 Å². The van der Waals surface area contributed by atoms with Crippen molar-refractivity contribution in [2.45, 2.75) is 51.5 Å². The van der Waals surface area contributed by atoms with Crippen molar-refractivity contribution in [1.82, 2.24) is 9.80 Å². The lowest BCUT2D eigenvalue weighted by Crippen LogP contribution is -2.43. The van der Waals surface area contributed by atoms with Gasteiger partial charge in [-0.05, 0) is 52.1 Å². The molecule has 0 spiro atoms. The zero-order valence-corrected chi connectivity index (χ0v) is 10.5. The highest BCUT2D eigenvalue weighted by molar-refractivity contribution is 5.76. The highest BCUT2D eigenvalue weighted by atomic mass is 16.2. The summed E-state index contributed by atoms with van der Waals surface area (Å²) in [6, 6.07) is 0.681. The van der Waals surface area contributed by atoms with Crippen LogP contribution in [0.1, 0.15) is 45.4 Å². The number of hydrogen-bond donors (Lipinski definition) is 0. The number of amides is 1. The predicted molar refractivity (Wildman–Crippen MR) is 65.3 cm³/mol. The Morgan fingerprint density at radius 1 is 1.12 bits per heavy atom. The number of nitrogens with zero attached hydrogens (tertiary/aromatic N) is 2. The first-order valence-corrected chi connectivity index (χ1v) is 6.79. The molecule has 2 aliphatic rings. The van der Waals surface area contributed by atoms with Crippen LogP contribution < -0.4 is 0 Å². The molecule has 0 aromatic carbocycles. The van der Waals surface area contributed by atoms with Crippen LogP contribution in [0.15, 0.2) is 0 Å². The number of carbonyl (C=O) groups is 1. The lowest BCUT2D eigenvalue weighted by molar-refractivity contribution is -0.130. The van der Waals surface area contributed by atoms with E-state index in [9.17, 15) is 4.79 Å². The van der Waals surface area contributed by atoms with Gasteiger partial charge in [0.25, 0.3) is 0 Å². The van der Waals surface area contributed by atoms with Crippen molar-refractivity contribution in [3.8, 4) is 0 Å². The van der Waals surface area contributed by atoms with Gasteiger partial charge in [-0.25, -0.2) is 0 Å². The van der Waals surface area contributed by atoms with Crippen molar-refractivity contribution in [1.29, 1.82) is 0 Å². The molecule has 0 bridgehead atoms. The quantitative estimate of drug-likeness (QED) is 0.712. The Labute approximate surface area is 98.8 Å². The molecule has 0 radical (unpaired) electrons. The van der Waals surface area contributed by atoms with Crippen LogP contribution in [0.5, 0.6) is 0 Å².